The number of amides is 2. The third-order valence-electron chi connectivity index (χ3n) is 2.87. The molecule has 3 N–H and O–H groups in total. The highest BCUT2D eigenvalue weighted by Crippen LogP contribution is 2.20. The Morgan fingerprint density at radius 1 is 1.33 bits per heavy atom. The van der Waals surface area contributed by atoms with Crippen LogP contribution in [0.1, 0.15) is 28.9 Å². The number of carbonyl (C=O) groups excluding carboxylic acids is 1. The molecule has 1 aromatic heterocycles. The summed E-state index contributed by atoms with van der Waals surface area (Å²) in [6.45, 7) is 1.80. The molecule has 0 spiro atoms. The second kappa shape index (κ2) is 6.36. The van der Waals surface area contributed by atoms with Crippen molar-refractivity contribution in [2.24, 2.45) is 0 Å². The summed E-state index contributed by atoms with van der Waals surface area (Å²) >= 11 is 1.51. The van der Waals surface area contributed by atoms with Crippen LogP contribution >= 0.6 is 11.3 Å². The van der Waals surface area contributed by atoms with Crippen molar-refractivity contribution in [2.75, 3.05) is 5.32 Å². The number of carboxylic acids is 1. The number of hydrogen-bond acceptors (Lipinski definition) is 3. The van der Waals surface area contributed by atoms with Crippen LogP contribution in [-0.2, 0) is 0 Å². The van der Waals surface area contributed by atoms with Gasteiger partial charge < -0.3 is 15.7 Å². The number of aromatic carboxylic acids is 1. The first-order valence-corrected chi connectivity index (χ1v) is 7.04. The molecule has 2 amide bonds. The Morgan fingerprint density at radius 2 is 2.10 bits per heavy atom. The topological polar surface area (TPSA) is 78.4 Å². The van der Waals surface area contributed by atoms with E-state index in [9.17, 15) is 14.0 Å². The molecule has 2 rings (SSSR count). The number of halogens is 1. The lowest BCUT2D eigenvalue weighted by atomic mass is 10.1. The molecular formula is C14H13FN2O3S. The Morgan fingerprint density at radius 3 is 2.71 bits per heavy atom. The zero-order valence-corrected chi connectivity index (χ0v) is 11.9. The van der Waals surface area contributed by atoms with E-state index in [1.807, 2.05) is 16.8 Å². The molecular weight excluding hydrogens is 295 g/mol. The highest BCUT2D eigenvalue weighted by molar-refractivity contribution is 7.07. The van der Waals surface area contributed by atoms with Gasteiger partial charge in [0.2, 0.25) is 0 Å². The van der Waals surface area contributed by atoms with Crippen LogP contribution < -0.4 is 10.6 Å². The van der Waals surface area contributed by atoms with Crippen LogP contribution in [0.15, 0.2) is 35.0 Å². The van der Waals surface area contributed by atoms with Crippen molar-refractivity contribution in [3.05, 3.63) is 52.0 Å². The summed E-state index contributed by atoms with van der Waals surface area (Å²) < 4.78 is 13.5. The number of thiophene rings is 1. The largest absolute Gasteiger partial charge is 0.478 e. The molecule has 1 atom stereocenters. The second-order valence-corrected chi connectivity index (χ2v) is 5.12. The van der Waals surface area contributed by atoms with Crippen LogP contribution in [0.3, 0.4) is 0 Å². The second-order valence-electron chi connectivity index (χ2n) is 4.34. The van der Waals surface area contributed by atoms with E-state index in [0.717, 1.165) is 11.6 Å². The van der Waals surface area contributed by atoms with Gasteiger partial charge >= 0.3 is 12.0 Å². The van der Waals surface area contributed by atoms with Gasteiger partial charge in [0.1, 0.15) is 11.4 Å². The first-order valence-electron chi connectivity index (χ1n) is 6.10. The van der Waals surface area contributed by atoms with Crippen molar-refractivity contribution in [1.82, 2.24) is 5.32 Å². The molecule has 0 aliphatic carbocycles. The van der Waals surface area contributed by atoms with E-state index in [4.69, 9.17) is 5.11 Å². The van der Waals surface area contributed by atoms with Crippen molar-refractivity contribution in [3.63, 3.8) is 0 Å². The number of carbonyl (C=O) groups is 2. The first-order chi connectivity index (χ1) is 9.99. The van der Waals surface area contributed by atoms with Crippen molar-refractivity contribution >= 4 is 29.0 Å². The van der Waals surface area contributed by atoms with Gasteiger partial charge in [0.05, 0.1) is 11.7 Å². The number of urea groups is 1. The molecule has 5 nitrogen and oxygen atoms in total. The van der Waals surface area contributed by atoms with E-state index in [2.05, 4.69) is 10.6 Å². The minimum absolute atomic E-state index is 0.0856. The Labute approximate surface area is 124 Å². The van der Waals surface area contributed by atoms with Crippen LogP contribution in [0.25, 0.3) is 0 Å². The number of anilines is 1. The minimum Gasteiger partial charge on any atom is -0.478 e. The summed E-state index contributed by atoms with van der Waals surface area (Å²) in [5.74, 6) is -2.33. The van der Waals surface area contributed by atoms with Gasteiger partial charge in [-0.1, -0.05) is 6.07 Å². The van der Waals surface area contributed by atoms with Gasteiger partial charge in [-0.3, -0.25) is 0 Å². The first kappa shape index (κ1) is 15.0. The van der Waals surface area contributed by atoms with Crippen LogP contribution in [0.5, 0.6) is 0 Å². The van der Waals surface area contributed by atoms with Crippen molar-refractivity contribution in [2.45, 2.75) is 13.0 Å². The lowest BCUT2D eigenvalue weighted by molar-refractivity contribution is 0.0693. The molecule has 7 heteroatoms. The maximum atomic E-state index is 13.5. The van der Waals surface area contributed by atoms with Gasteiger partial charge in [-0.25, -0.2) is 14.0 Å². The standard InChI is InChI=1S/C14H13FN2O3S/c1-8(9-5-6-21-7-9)16-14(20)17-11-4-2-3-10(15)12(11)13(18)19/h2-8H,1H3,(H,18,19)(H2,16,17,20). The fourth-order valence-corrected chi connectivity index (χ4v) is 2.56. The van der Waals surface area contributed by atoms with Gasteiger partial charge in [0, 0.05) is 0 Å². The molecule has 0 saturated carbocycles. The average Bonchev–Trinajstić information content (AvgIpc) is 2.91. The third kappa shape index (κ3) is 3.57. The molecule has 21 heavy (non-hydrogen) atoms. The van der Waals surface area contributed by atoms with Crippen molar-refractivity contribution in [3.8, 4) is 0 Å². The molecule has 1 heterocycles. The minimum atomic E-state index is -1.44. The van der Waals surface area contributed by atoms with E-state index in [0.29, 0.717) is 0 Å². The van der Waals surface area contributed by atoms with Crippen LogP contribution in [0.2, 0.25) is 0 Å². The Kier molecular flexibility index (Phi) is 4.54. The summed E-state index contributed by atoms with van der Waals surface area (Å²) in [7, 11) is 0. The Hall–Kier alpha value is -2.41. The van der Waals surface area contributed by atoms with Gasteiger partial charge in [0.25, 0.3) is 0 Å². The van der Waals surface area contributed by atoms with E-state index in [1.165, 1.54) is 23.5 Å². The maximum absolute atomic E-state index is 13.5. The summed E-state index contributed by atoms with van der Waals surface area (Å²) in [4.78, 5) is 22.9. The fraction of sp³-hybridized carbons (Fsp3) is 0.143. The summed E-state index contributed by atoms with van der Waals surface area (Å²) in [6, 6.07) is 4.74. The summed E-state index contributed by atoms with van der Waals surface area (Å²) in [5.41, 5.74) is 0.293. The SMILES string of the molecule is CC(NC(=O)Nc1cccc(F)c1C(=O)O)c1ccsc1. The number of nitrogens with one attached hydrogen (secondary N) is 2. The number of hydrogen-bond donors (Lipinski definition) is 3. The van der Waals surface area contributed by atoms with E-state index in [-0.39, 0.29) is 11.7 Å². The molecule has 2 aromatic rings. The van der Waals surface area contributed by atoms with Gasteiger partial charge in [0.15, 0.2) is 0 Å². The van der Waals surface area contributed by atoms with Crippen LogP contribution in [0.4, 0.5) is 14.9 Å². The highest BCUT2D eigenvalue weighted by Gasteiger charge is 2.18. The monoisotopic (exact) mass is 308 g/mol. The third-order valence-corrected chi connectivity index (χ3v) is 3.57. The zero-order valence-electron chi connectivity index (χ0n) is 11.1. The molecule has 110 valence electrons. The number of benzene rings is 1. The van der Waals surface area contributed by atoms with E-state index in [1.54, 1.807) is 6.92 Å². The van der Waals surface area contributed by atoms with Crippen LogP contribution in [-0.4, -0.2) is 17.1 Å². The predicted molar refractivity (Wildman–Crippen MR) is 78.2 cm³/mol. The van der Waals surface area contributed by atoms with Gasteiger partial charge in [-0.2, -0.15) is 11.3 Å². The van der Waals surface area contributed by atoms with Gasteiger partial charge in [-0.15, -0.1) is 0 Å². The molecule has 1 aromatic carbocycles. The summed E-state index contributed by atoms with van der Waals surface area (Å²) in [5, 5.41) is 17.8. The van der Waals surface area contributed by atoms with Crippen molar-refractivity contribution < 1.29 is 19.1 Å². The smallest absolute Gasteiger partial charge is 0.340 e. The fourth-order valence-electron chi connectivity index (χ4n) is 1.81. The van der Waals surface area contributed by atoms with Crippen molar-refractivity contribution in [1.29, 1.82) is 0 Å². The van der Waals surface area contributed by atoms with Crippen LogP contribution in [0, 0.1) is 5.82 Å². The lowest BCUT2D eigenvalue weighted by Crippen LogP contribution is -2.31. The molecule has 1 unspecified atom stereocenters. The quantitative estimate of drug-likeness (QED) is 0.809. The molecule has 0 saturated heterocycles. The average molecular weight is 308 g/mol. The van der Waals surface area contributed by atoms with Gasteiger partial charge in [-0.05, 0) is 41.4 Å². The molecule has 0 radical (unpaired) electrons. The Balaban J connectivity index is 2.10. The normalized spacial score (nSPS) is 11.7. The lowest BCUT2D eigenvalue weighted by Gasteiger charge is -2.14. The molecule has 0 aliphatic heterocycles. The predicted octanol–water partition coefficient (Wildman–Crippen LogP) is 3.47. The summed E-state index contributed by atoms with van der Waals surface area (Å²) in [6.07, 6.45) is 0. The molecule has 0 bridgehead atoms. The Bertz CT molecular complexity index is 658. The highest BCUT2D eigenvalue weighted by atomic mass is 32.1. The number of rotatable bonds is 4. The molecule has 0 fully saturated rings. The zero-order chi connectivity index (χ0) is 15.4. The van der Waals surface area contributed by atoms with E-state index < -0.39 is 23.4 Å². The number of carboxylic acid groups (broad SMARTS) is 1. The molecule has 0 aliphatic rings. The van der Waals surface area contributed by atoms with E-state index >= 15 is 0 Å². The maximum Gasteiger partial charge on any atom is 0.340 e.